The monoisotopic (exact) mass is 324 g/mol. The largest absolute Gasteiger partial charge is 0.444 e. The maximum absolute atomic E-state index is 11.9. The van der Waals surface area contributed by atoms with Crippen molar-refractivity contribution in [1.29, 1.82) is 0 Å². The van der Waals surface area contributed by atoms with Gasteiger partial charge in [0, 0.05) is 30.4 Å². The molecule has 23 heavy (non-hydrogen) atoms. The third-order valence-corrected chi connectivity index (χ3v) is 3.80. The lowest BCUT2D eigenvalue weighted by Gasteiger charge is -2.25. The van der Waals surface area contributed by atoms with Gasteiger partial charge in [-0.2, -0.15) is 5.10 Å². The summed E-state index contributed by atoms with van der Waals surface area (Å²) in [7, 11) is 0. The van der Waals surface area contributed by atoms with Crippen molar-refractivity contribution in [2.45, 2.75) is 70.8 Å². The van der Waals surface area contributed by atoms with Gasteiger partial charge in [0.2, 0.25) is 0 Å². The number of hydrogen-bond acceptors (Lipinski definition) is 5. The van der Waals surface area contributed by atoms with Crippen LogP contribution in [0.3, 0.4) is 0 Å². The van der Waals surface area contributed by atoms with E-state index >= 15 is 0 Å². The number of nitrogens with zero attached hydrogens (tertiary/aromatic N) is 2. The van der Waals surface area contributed by atoms with Crippen LogP contribution in [-0.2, 0) is 17.8 Å². The first kappa shape index (κ1) is 17.7. The Kier molecular flexibility index (Phi) is 6.01. The van der Waals surface area contributed by atoms with Crippen LogP contribution < -0.4 is 10.6 Å². The van der Waals surface area contributed by atoms with Crippen LogP contribution in [0.2, 0.25) is 0 Å². The molecule has 0 bridgehead atoms. The zero-order valence-electron chi connectivity index (χ0n) is 14.2. The highest BCUT2D eigenvalue weighted by Gasteiger charge is 2.29. The SMILES string of the molecule is CC(C)(C)OC(=O)NC1CCCC1NCc1cnn(CCO)c1. The summed E-state index contributed by atoms with van der Waals surface area (Å²) in [6, 6.07) is 0.334. The number of amides is 1. The molecular formula is C16H28N4O3. The van der Waals surface area contributed by atoms with Crippen molar-refractivity contribution in [3.8, 4) is 0 Å². The normalized spacial score (nSPS) is 21.4. The molecule has 1 heterocycles. The van der Waals surface area contributed by atoms with E-state index in [0.717, 1.165) is 24.8 Å². The second-order valence-corrected chi connectivity index (χ2v) is 7.01. The molecule has 0 saturated heterocycles. The summed E-state index contributed by atoms with van der Waals surface area (Å²) < 4.78 is 7.05. The van der Waals surface area contributed by atoms with E-state index in [4.69, 9.17) is 9.84 Å². The highest BCUT2D eigenvalue weighted by molar-refractivity contribution is 5.68. The van der Waals surface area contributed by atoms with Gasteiger partial charge < -0.3 is 20.5 Å². The van der Waals surface area contributed by atoms with Crippen molar-refractivity contribution >= 4 is 6.09 Å². The average Bonchev–Trinajstić information content (AvgIpc) is 3.04. The standard InChI is InChI=1S/C16H28N4O3/c1-16(2,3)23-15(22)19-14-6-4-5-13(14)17-9-12-10-18-20(11-12)7-8-21/h10-11,13-14,17,21H,4-9H2,1-3H3,(H,19,22). The van der Waals surface area contributed by atoms with Gasteiger partial charge in [-0.1, -0.05) is 0 Å². The van der Waals surface area contributed by atoms with Crippen molar-refractivity contribution in [3.63, 3.8) is 0 Å². The number of alkyl carbamates (subject to hydrolysis) is 1. The van der Waals surface area contributed by atoms with Gasteiger partial charge in [0.15, 0.2) is 0 Å². The van der Waals surface area contributed by atoms with Crippen molar-refractivity contribution in [3.05, 3.63) is 18.0 Å². The molecule has 130 valence electrons. The lowest BCUT2D eigenvalue weighted by Crippen LogP contribution is -2.47. The van der Waals surface area contributed by atoms with Gasteiger partial charge in [-0.05, 0) is 40.0 Å². The van der Waals surface area contributed by atoms with Crippen LogP contribution in [0.1, 0.15) is 45.6 Å². The predicted molar refractivity (Wildman–Crippen MR) is 86.9 cm³/mol. The Morgan fingerprint density at radius 1 is 1.43 bits per heavy atom. The average molecular weight is 324 g/mol. The van der Waals surface area contributed by atoms with Crippen LogP contribution in [0.4, 0.5) is 4.79 Å². The van der Waals surface area contributed by atoms with Crippen LogP contribution in [-0.4, -0.2) is 45.3 Å². The number of rotatable bonds is 6. The van der Waals surface area contributed by atoms with Gasteiger partial charge in [0.25, 0.3) is 0 Å². The zero-order valence-corrected chi connectivity index (χ0v) is 14.2. The summed E-state index contributed by atoms with van der Waals surface area (Å²) in [4.78, 5) is 11.9. The molecular weight excluding hydrogens is 296 g/mol. The minimum Gasteiger partial charge on any atom is -0.444 e. The Hall–Kier alpha value is -1.60. The Bertz CT molecular complexity index is 510. The molecule has 3 N–H and O–H groups in total. The fourth-order valence-electron chi connectivity index (χ4n) is 2.81. The van der Waals surface area contributed by atoms with Gasteiger partial charge in [0.05, 0.1) is 19.3 Å². The molecule has 1 fully saturated rings. The van der Waals surface area contributed by atoms with Gasteiger partial charge in [0.1, 0.15) is 5.60 Å². The quantitative estimate of drug-likeness (QED) is 0.736. The highest BCUT2D eigenvalue weighted by atomic mass is 16.6. The van der Waals surface area contributed by atoms with Gasteiger partial charge in [-0.3, -0.25) is 4.68 Å². The summed E-state index contributed by atoms with van der Waals surface area (Å²) in [6.07, 6.45) is 6.45. The van der Waals surface area contributed by atoms with E-state index in [1.807, 2.05) is 27.0 Å². The summed E-state index contributed by atoms with van der Waals surface area (Å²) >= 11 is 0. The van der Waals surface area contributed by atoms with E-state index in [-0.39, 0.29) is 24.8 Å². The first-order chi connectivity index (χ1) is 10.9. The molecule has 1 aromatic rings. The molecule has 0 radical (unpaired) electrons. The minimum atomic E-state index is -0.479. The first-order valence-corrected chi connectivity index (χ1v) is 8.22. The third-order valence-electron chi connectivity index (χ3n) is 3.80. The molecule has 1 aliphatic rings. The lowest BCUT2D eigenvalue weighted by molar-refractivity contribution is 0.0498. The number of nitrogens with one attached hydrogen (secondary N) is 2. The van der Waals surface area contributed by atoms with E-state index in [2.05, 4.69) is 15.7 Å². The Labute approximate surface area is 137 Å². The number of ether oxygens (including phenoxy) is 1. The van der Waals surface area contributed by atoms with Gasteiger partial charge in [-0.15, -0.1) is 0 Å². The Morgan fingerprint density at radius 3 is 2.87 bits per heavy atom. The van der Waals surface area contributed by atoms with E-state index in [9.17, 15) is 4.79 Å². The molecule has 1 saturated carbocycles. The number of aliphatic hydroxyl groups excluding tert-OH is 1. The zero-order chi connectivity index (χ0) is 16.9. The molecule has 2 atom stereocenters. The molecule has 7 nitrogen and oxygen atoms in total. The highest BCUT2D eigenvalue weighted by Crippen LogP contribution is 2.20. The number of aliphatic hydroxyl groups is 1. The van der Waals surface area contributed by atoms with E-state index in [0.29, 0.717) is 13.1 Å². The minimum absolute atomic E-state index is 0.0824. The molecule has 0 spiro atoms. The lowest BCUT2D eigenvalue weighted by atomic mass is 10.1. The number of aromatic nitrogens is 2. The Balaban J connectivity index is 1.80. The van der Waals surface area contributed by atoms with E-state index in [1.54, 1.807) is 10.9 Å². The maximum Gasteiger partial charge on any atom is 0.407 e. The molecule has 1 aliphatic carbocycles. The molecule has 2 rings (SSSR count). The van der Waals surface area contributed by atoms with Crippen molar-refractivity contribution < 1.29 is 14.6 Å². The summed E-state index contributed by atoms with van der Waals surface area (Å²) in [6.45, 7) is 6.87. The third kappa shape index (κ3) is 5.84. The molecule has 0 aromatic carbocycles. The van der Waals surface area contributed by atoms with Crippen molar-refractivity contribution in [1.82, 2.24) is 20.4 Å². The fraction of sp³-hybridized carbons (Fsp3) is 0.750. The molecule has 0 aliphatic heterocycles. The molecule has 7 heteroatoms. The van der Waals surface area contributed by atoms with Crippen molar-refractivity contribution in [2.24, 2.45) is 0 Å². The van der Waals surface area contributed by atoms with Crippen LogP contribution in [0.5, 0.6) is 0 Å². The molecule has 1 amide bonds. The predicted octanol–water partition coefficient (Wildman–Crippen LogP) is 1.41. The number of carbonyl (C=O) groups is 1. The van der Waals surface area contributed by atoms with Crippen LogP contribution in [0.15, 0.2) is 12.4 Å². The summed E-state index contributed by atoms with van der Waals surface area (Å²) in [5, 5.41) is 19.5. The Morgan fingerprint density at radius 2 is 2.17 bits per heavy atom. The summed E-state index contributed by atoms with van der Waals surface area (Å²) in [5.74, 6) is 0. The van der Waals surface area contributed by atoms with E-state index < -0.39 is 5.60 Å². The second kappa shape index (κ2) is 7.79. The fourth-order valence-corrected chi connectivity index (χ4v) is 2.81. The van der Waals surface area contributed by atoms with Gasteiger partial charge >= 0.3 is 6.09 Å². The van der Waals surface area contributed by atoms with Crippen molar-refractivity contribution in [2.75, 3.05) is 6.61 Å². The second-order valence-electron chi connectivity index (χ2n) is 7.01. The van der Waals surface area contributed by atoms with E-state index in [1.165, 1.54) is 0 Å². The van der Waals surface area contributed by atoms with Crippen LogP contribution in [0, 0.1) is 0 Å². The van der Waals surface area contributed by atoms with Gasteiger partial charge in [-0.25, -0.2) is 4.79 Å². The molecule has 1 aromatic heterocycles. The first-order valence-electron chi connectivity index (χ1n) is 8.22. The maximum atomic E-state index is 11.9. The topological polar surface area (TPSA) is 88.4 Å². The molecule has 2 unspecified atom stereocenters. The smallest absolute Gasteiger partial charge is 0.407 e. The summed E-state index contributed by atoms with van der Waals surface area (Å²) in [5.41, 5.74) is 0.591. The van der Waals surface area contributed by atoms with Crippen LogP contribution >= 0.6 is 0 Å². The van der Waals surface area contributed by atoms with Crippen LogP contribution in [0.25, 0.3) is 0 Å². The number of hydrogen-bond donors (Lipinski definition) is 3. The number of carbonyl (C=O) groups excluding carboxylic acids is 1.